The maximum atomic E-state index is 12.2. The van der Waals surface area contributed by atoms with Crippen molar-refractivity contribution in [3.05, 3.63) is 22.2 Å². The first-order chi connectivity index (χ1) is 9.92. The van der Waals surface area contributed by atoms with Crippen LogP contribution in [0.4, 0.5) is 5.69 Å². The second-order valence-corrected chi connectivity index (χ2v) is 6.83. The van der Waals surface area contributed by atoms with E-state index >= 15 is 0 Å². The molecule has 7 heteroatoms. The minimum atomic E-state index is -0.00423. The Balaban J connectivity index is 2.18. The van der Waals surface area contributed by atoms with Crippen molar-refractivity contribution in [1.29, 1.82) is 0 Å². The average Bonchev–Trinajstić information content (AvgIpc) is 2.78. The number of nitrogens with zero attached hydrogens (tertiary/aromatic N) is 1. The van der Waals surface area contributed by atoms with Crippen LogP contribution < -0.4 is 9.64 Å². The third kappa shape index (κ3) is 3.84. The quantitative estimate of drug-likeness (QED) is 0.834. The topological polar surface area (TPSA) is 46.6 Å². The number of thioether (sulfide) groups is 1. The number of ether oxygens (including phenoxy) is 1. The van der Waals surface area contributed by atoms with E-state index < -0.39 is 0 Å². The number of benzene rings is 1. The lowest BCUT2D eigenvalue weighted by molar-refractivity contribution is -0.117. The van der Waals surface area contributed by atoms with Gasteiger partial charge in [-0.3, -0.25) is 9.59 Å². The number of anilines is 1. The van der Waals surface area contributed by atoms with Crippen molar-refractivity contribution in [2.24, 2.45) is 5.92 Å². The van der Waals surface area contributed by atoms with Crippen LogP contribution >= 0.6 is 35.0 Å². The molecular formula is C14H15Cl2NO3S. The summed E-state index contributed by atoms with van der Waals surface area (Å²) >= 11 is 13.4. The summed E-state index contributed by atoms with van der Waals surface area (Å²) in [6.45, 7) is 2.07. The molecule has 1 aliphatic heterocycles. The molecule has 1 unspecified atom stereocenters. The highest BCUT2D eigenvalue weighted by atomic mass is 35.5. The number of carbonyl (C=O) groups excluding carboxylic acids is 2. The van der Waals surface area contributed by atoms with Crippen LogP contribution in [0.2, 0.25) is 10.0 Å². The molecule has 1 fully saturated rings. The summed E-state index contributed by atoms with van der Waals surface area (Å²) in [6, 6.07) is 3.24. The number of halogens is 2. The van der Waals surface area contributed by atoms with Crippen LogP contribution in [0.15, 0.2) is 12.1 Å². The van der Waals surface area contributed by atoms with Crippen molar-refractivity contribution in [2.75, 3.05) is 24.3 Å². The van der Waals surface area contributed by atoms with Crippen molar-refractivity contribution in [3.8, 4) is 5.75 Å². The molecule has 0 aliphatic carbocycles. The molecule has 1 atom stereocenters. The highest BCUT2D eigenvalue weighted by Crippen LogP contribution is 2.38. The molecule has 0 saturated carbocycles. The molecule has 0 aromatic heterocycles. The summed E-state index contributed by atoms with van der Waals surface area (Å²) in [5.74, 6) is 1.25. The van der Waals surface area contributed by atoms with Gasteiger partial charge in [-0.2, -0.15) is 0 Å². The smallest absolute Gasteiger partial charge is 0.227 e. The van der Waals surface area contributed by atoms with Crippen LogP contribution in [0.1, 0.15) is 13.3 Å². The first kappa shape index (κ1) is 16.5. The van der Waals surface area contributed by atoms with E-state index in [-0.39, 0.29) is 16.9 Å². The molecule has 0 bridgehead atoms. The summed E-state index contributed by atoms with van der Waals surface area (Å²) in [5.41, 5.74) is 0.596. The van der Waals surface area contributed by atoms with Crippen molar-refractivity contribution < 1.29 is 14.3 Å². The fourth-order valence-electron chi connectivity index (χ4n) is 2.24. The lowest BCUT2D eigenvalue weighted by atomic mass is 10.1. The molecular weight excluding hydrogens is 333 g/mol. The van der Waals surface area contributed by atoms with Gasteiger partial charge in [-0.15, -0.1) is 0 Å². The van der Waals surface area contributed by atoms with Gasteiger partial charge >= 0.3 is 0 Å². The van der Waals surface area contributed by atoms with Gasteiger partial charge in [-0.05, 0) is 12.0 Å². The normalized spacial score (nSPS) is 18.2. The Kier molecular flexibility index (Phi) is 5.41. The van der Waals surface area contributed by atoms with Crippen LogP contribution in [0.5, 0.6) is 5.75 Å². The number of hydrogen-bond donors (Lipinski definition) is 0. The van der Waals surface area contributed by atoms with Gasteiger partial charge in [0, 0.05) is 31.7 Å². The monoisotopic (exact) mass is 347 g/mol. The molecule has 1 saturated heterocycles. The first-order valence-corrected chi connectivity index (χ1v) is 8.13. The van der Waals surface area contributed by atoms with Crippen LogP contribution in [0.3, 0.4) is 0 Å². The van der Waals surface area contributed by atoms with Crippen molar-refractivity contribution in [3.63, 3.8) is 0 Å². The summed E-state index contributed by atoms with van der Waals surface area (Å²) in [5, 5.41) is 0.877. The Bertz CT molecular complexity index is 580. The van der Waals surface area contributed by atoms with Gasteiger partial charge in [0.15, 0.2) is 5.12 Å². The third-order valence-electron chi connectivity index (χ3n) is 3.24. The van der Waals surface area contributed by atoms with Crippen molar-refractivity contribution in [1.82, 2.24) is 0 Å². The fraction of sp³-hybridized carbons (Fsp3) is 0.429. The first-order valence-electron chi connectivity index (χ1n) is 6.39. The lowest BCUT2D eigenvalue weighted by Crippen LogP contribution is -2.25. The van der Waals surface area contributed by atoms with E-state index in [4.69, 9.17) is 27.9 Å². The van der Waals surface area contributed by atoms with Crippen molar-refractivity contribution >= 4 is 51.7 Å². The van der Waals surface area contributed by atoms with E-state index in [2.05, 4.69) is 0 Å². The Labute approximate surface area is 137 Å². The Morgan fingerprint density at radius 2 is 2.14 bits per heavy atom. The SMILES string of the molecule is COc1cc(N2CC(CSC(C)=O)CC2=O)c(Cl)cc1Cl. The Morgan fingerprint density at radius 1 is 1.43 bits per heavy atom. The highest BCUT2D eigenvalue weighted by Gasteiger charge is 2.32. The molecule has 1 aromatic rings. The number of hydrogen-bond acceptors (Lipinski definition) is 4. The van der Waals surface area contributed by atoms with Gasteiger partial charge in [-0.1, -0.05) is 35.0 Å². The second-order valence-electron chi connectivity index (χ2n) is 4.82. The molecule has 1 heterocycles. The molecule has 1 aliphatic rings. The van der Waals surface area contributed by atoms with Gasteiger partial charge < -0.3 is 9.64 Å². The van der Waals surface area contributed by atoms with Gasteiger partial charge in [0.25, 0.3) is 0 Å². The zero-order valence-corrected chi connectivity index (χ0v) is 14.0. The van der Waals surface area contributed by atoms with Crippen LogP contribution in [-0.4, -0.2) is 30.4 Å². The largest absolute Gasteiger partial charge is 0.495 e. The maximum Gasteiger partial charge on any atom is 0.227 e. The average molecular weight is 348 g/mol. The van der Waals surface area contributed by atoms with Crippen molar-refractivity contribution in [2.45, 2.75) is 13.3 Å². The number of carbonyl (C=O) groups is 2. The van der Waals surface area contributed by atoms with E-state index in [0.717, 1.165) is 0 Å². The highest BCUT2D eigenvalue weighted by molar-refractivity contribution is 8.13. The van der Waals surface area contributed by atoms with E-state index in [0.29, 0.717) is 40.2 Å². The zero-order valence-electron chi connectivity index (χ0n) is 11.7. The van der Waals surface area contributed by atoms with E-state index in [1.54, 1.807) is 17.0 Å². The van der Waals surface area contributed by atoms with E-state index in [1.165, 1.54) is 25.8 Å². The zero-order chi connectivity index (χ0) is 15.6. The molecule has 1 aromatic carbocycles. The summed E-state index contributed by atoms with van der Waals surface area (Å²) < 4.78 is 5.16. The van der Waals surface area contributed by atoms with Gasteiger partial charge in [0.2, 0.25) is 5.91 Å². The second kappa shape index (κ2) is 6.90. The molecule has 4 nitrogen and oxygen atoms in total. The number of methoxy groups -OCH3 is 1. The third-order valence-corrected chi connectivity index (χ3v) is 4.88. The lowest BCUT2D eigenvalue weighted by Gasteiger charge is -2.19. The fourth-order valence-corrected chi connectivity index (χ4v) is 3.50. The number of amides is 1. The number of rotatable bonds is 4. The Morgan fingerprint density at radius 3 is 2.76 bits per heavy atom. The molecule has 0 N–H and O–H groups in total. The van der Waals surface area contributed by atoms with Gasteiger partial charge in [0.05, 0.1) is 22.8 Å². The van der Waals surface area contributed by atoms with E-state index in [1.807, 2.05) is 0 Å². The molecule has 0 radical (unpaired) electrons. The van der Waals surface area contributed by atoms with Gasteiger partial charge in [-0.25, -0.2) is 0 Å². The molecule has 21 heavy (non-hydrogen) atoms. The van der Waals surface area contributed by atoms with E-state index in [9.17, 15) is 9.59 Å². The summed E-state index contributed by atoms with van der Waals surface area (Å²) in [6.07, 6.45) is 0.418. The summed E-state index contributed by atoms with van der Waals surface area (Å²) in [4.78, 5) is 24.8. The Hall–Kier alpha value is -0.910. The standard InChI is InChI=1S/C14H15Cl2NO3S/c1-8(18)21-7-9-3-14(19)17(6-9)12-5-13(20-2)11(16)4-10(12)15/h4-5,9H,3,6-7H2,1-2H3. The molecule has 1 amide bonds. The van der Waals surface area contributed by atoms with Crippen LogP contribution in [-0.2, 0) is 9.59 Å². The summed E-state index contributed by atoms with van der Waals surface area (Å²) in [7, 11) is 1.51. The molecule has 2 rings (SSSR count). The maximum absolute atomic E-state index is 12.2. The van der Waals surface area contributed by atoms with Gasteiger partial charge in [0.1, 0.15) is 5.75 Å². The molecule has 0 spiro atoms. The minimum absolute atomic E-state index is 0.00423. The minimum Gasteiger partial charge on any atom is -0.495 e. The molecule has 114 valence electrons. The predicted octanol–water partition coefficient (Wildman–Crippen LogP) is 3.63. The van der Waals surface area contributed by atoms with Crippen LogP contribution in [0.25, 0.3) is 0 Å². The predicted molar refractivity (Wildman–Crippen MR) is 86.6 cm³/mol. The van der Waals surface area contributed by atoms with Crippen LogP contribution in [0, 0.1) is 5.92 Å².